The van der Waals surface area contributed by atoms with Crippen LogP contribution in [0.2, 0.25) is 0 Å². The highest BCUT2D eigenvalue weighted by atomic mass is 32.2. The molecule has 0 spiro atoms. The third kappa shape index (κ3) is 4.86. The van der Waals surface area contributed by atoms with E-state index in [0.29, 0.717) is 12.0 Å². The number of benzene rings is 2. The number of fused-ring (bicyclic) bond motifs is 1. The van der Waals surface area contributed by atoms with Crippen LogP contribution in [0.4, 0.5) is 13.2 Å². The molecule has 1 atom stereocenters. The zero-order valence-corrected chi connectivity index (χ0v) is 17.1. The second-order valence-electron chi connectivity index (χ2n) is 7.15. The molecule has 2 nitrogen and oxygen atoms in total. The van der Waals surface area contributed by atoms with Gasteiger partial charge in [-0.1, -0.05) is 30.3 Å². The lowest BCUT2D eigenvalue weighted by Gasteiger charge is -2.14. The average Bonchev–Trinajstić information content (AvgIpc) is 3.34. The maximum Gasteiger partial charge on any atom is 0.416 e. The summed E-state index contributed by atoms with van der Waals surface area (Å²) in [5.41, 5.74) is 3.63. The number of nitrogens with one attached hydrogen (secondary N) is 1. The number of hydrogen-bond acceptors (Lipinski definition) is 4. The minimum Gasteiger partial charge on any atom is -0.392 e. The van der Waals surface area contributed by atoms with Crippen molar-refractivity contribution in [2.75, 3.05) is 0 Å². The fourth-order valence-corrected chi connectivity index (χ4v) is 5.31. The van der Waals surface area contributed by atoms with Gasteiger partial charge >= 0.3 is 6.18 Å². The van der Waals surface area contributed by atoms with Crippen LogP contribution in [0.25, 0.3) is 0 Å². The highest BCUT2D eigenvalue weighted by molar-refractivity contribution is 7.99. The molecule has 1 aliphatic carbocycles. The topological polar surface area (TPSA) is 32.3 Å². The third-order valence-corrected chi connectivity index (χ3v) is 6.99. The zero-order valence-electron chi connectivity index (χ0n) is 15.5. The van der Waals surface area contributed by atoms with Crippen LogP contribution in [0.15, 0.2) is 58.1 Å². The van der Waals surface area contributed by atoms with E-state index in [1.54, 1.807) is 29.4 Å². The summed E-state index contributed by atoms with van der Waals surface area (Å²) in [5, 5.41) is 11.4. The molecule has 2 aromatic carbocycles. The predicted molar refractivity (Wildman–Crippen MR) is 111 cm³/mol. The largest absolute Gasteiger partial charge is 0.416 e. The molecule has 29 heavy (non-hydrogen) atoms. The van der Waals surface area contributed by atoms with Crippen LogP contribution in [-0.4, -0.2) is 5.11 Å². The van der Waals surface area contributed by atoms with E-state index in [1.807, 2.05) is 12.1 Å². The van der Waals surface area contributed by atoms with Crippen molar-refractivity contribution in [1.82, 2.24) is 4.72 Å². The standard InChI is InChI=1S/C22H20F3NOS2/c23-22(24,25)18-11-15(9-16(12-18)13-27)8-14-3-5-19-17(10-14)4-6-20(19)26-29-21-2-1-7-28-21/h1-3,5,7,9-12,20,26-27H,4,6,8,13H2. The van der Waals surface area contributed by atoms with Crippen molar-refractivity contribution in [3.05, 3.63) is 87.3 Å². The van der Waals surface area contributed by atoms with E-state index in [4.69, 9.17) is 0 Å². The lowest BCUT2D eigenvalue weighted by Crippen LogP contribution is -2.10. The Morgan fingerprint density at radius 1 is 1.07 bits per heavy atom. The van der Waals surface area contributed by atoms with Gasteiger partial charge in [0.05, 0.1) is 16.4 Å². The maximum atomic E-state index is 13.1. The van der Waals surface area contributed by atoms with Crippen molar-refractivity contribution >= 4 is 23.3 Å². The van der Waals surface area contributed by atoms with Gasteiger partial charge < -0.3 is 5.11 Å². The summed E-state index contributed by atoms with van der Waals surface area (Å²) < 4.78 is 44.1. The molecular formula is C22H20F3NOS2. The van der Waals surface area contributed by atoms with Gasteiger partial charge in [0.1, 0.15) is 0 Å². The summed E-state index contributed by atoms with van der Waals surface area (Å²) in [6.07, 6.45) is -2.05. The normalized spacial score (nSPS) is 16.2. The molecule has 0 saturated heterocycles. The number of halogens is 3. The van der Waals surface area contributed by atoms with E-state index in [0.717, 1.165) is 24.5 Å². The van der Waals surface area contributed by atoms with E-state index in [9.17, 15) is 18.3 Å². The molecule has 0 bridgehead atoms. The highest BCUT2D eigenvalue weighted by Crippen LogP contribution is 2.36. The molecule has 152 valence electrons. The summed E-state index contributed by atoms with van der Waals surface area (Å²) in [6, 6.07) is 14.4. The van der Waals surface area contributed by atoms with Gasteiger partial charge in [0.2, 0.25) is 0 Å². The molecule has 0 amide bonds. The predicted octanol–water partition coefficient (Wildman–Crippen LogP) is 6.13. The molecule has 7 heteroatoms. The molecule has 0 aliphatic heterocycles. The number of aliphatic hydroxyl groups is 1. The Morgan fingerprint density at radius 3 is 2.62 bits per heavy atom. The molecule has 0 radical (unpaired) electrons. The fourth-order valence-electron chi connectivity index (χ4n) is 3.71. The molecule has 0 saturated carbocycles. The average molecular weight is 436 g/mol. The number of thiophene rings is 1. The van der Waals surface area contributed by atoms with Gasteiger partial charge in [-0.2, -0.15) is 13.2 Å². The van der Waals surface area contributed by atoms with E-state index in [2.05, 4.69) is 28.3 Å². The summed E-state index contributed by atoms with van der Waals surface area (Å²) in [7, 11) is 0. The lowest BCUT2D eigenvalue weighted by atomic mass is 9.97. The Hall–Kier alpha value is -1.80. The Labute approximate surface area is 175 Å². The Kier molecular flexibility index (Phi) is 6.01. The zero-order chi connectivity index (χ0) is 20.4. The quantitative estimate of drug-likeness (QED) is 0.457. The molecule has 1 unspecified atom stereocenters. The van der Waals surface area contributed by atoms with Crippen LogP contribution in [0.3, 0.4) is 0 Å². The number of hydrogen-bond donors (Lipinski definition) is 2. The molecule has 0 fully saturated rings. The van der Waals surface area contributed by atoms with Crippen LogP contribution < -0.4 is 4.72 Å². The third-order valence-electron chi connectivity index (χ3n) is 5.05. The van der Waals surface area contributed by atoms with Crippen LogP contribution in [0.1, 0.15) is 45.8 Å². The minimum absolute atomic E-state index is 0.278. The first-order valence-electron chi connectivity index (χ1n) is 9.31. The number of aryl methyl sites for hydroxylation is 1. The smallest absolute Gasteiger partial charge is 0.392 e. The Balaban J connectivity index is 1.50. The summed E-state index contributed by atoms with van der Waals surface area (Å²) >= 11 is 3.34. The molecule has 4 rings (SSSR count). The van der Waals surface area contributed by atoms with Gasteiger partial charge in [-0.05, 0) is 82.6 Å². The van der Waals surface area contributed by atoms with Crippen molar-refractivity contribution in [2.45, 2.75) is 42.3 Å². The summed E-state index contributed by atoms with van der Waals surface area (Å²) in [6.45, 7) is -0.406. The first-order valence-corrected chi connectivity index (χ1v) is 11.0. The van der Waals surface area contributed by atoms with E-state index >= 15 is 0 Å². The molecule has 3 aromatic rings. The van der Waals surface area contributed by atoms with Crippen molar-refractivity contribution in [2.24, 2.45) is 0 Å². The number of aliphatic hydroxyl groups excluding tert-OH is 1. The van der Waals surface area contributed by atoms with Gasteiger partial charge in [0, 0.05) is 6.04 Å². The Morgan fingerprint density at radius 2 is 1.90 bits per heavy atom. The number of alkyl halides is 3. The monoisotopic (exact) mass is 435 g/mol. The van der Waals surface area contributed by atoms with E-state index < -0.39 is 18.3 Å². The minimum atomic E-state index is -4.42. The summed E-state index contributed by atoms with van der Waals surface area (Å²) in [4.78, 5) is 0. The first-order chi connectivity index (χ1) is 13.9. The molecule has 1 aliphatic rings. The van der Waals surface area contributed by atoms with Gasteiger partial charge in [-0.3, -0.25) is 4.72 Å². The number of rotatable bonds is 6. The van der Waals surface area contributed by atoms with Crippen molar-refractivity contribution in [3.63, 3.8) is 0 Å². The fraction of sp³-hybridized carbons (Fsp3) is 0.273. The molecule has 1 aromatic heterocycles. The van der Waals surface area contributed by atoms with Crippen LogP contribution >= 0.6 is 23.3 Å². The SMILES string of the molecule is OCc1cc(Cc2ccc3c(c2)CCC3NSc2cccs2)cc(C(F)(F)F)c1. The van der Waals surface area contributed by atoms with Gasteiger partial charge in [0.15, 0.2) is 0 Å². The molecule has 1 heterocycles. The van der Waals surface area contributed by atoms with Crippen LogP contribution in [0, 0.1) is 0 Å². The molecule has 2 N–H and O–H groups in total. The first kappa shape index (κ1) is 20.5. The lowest BCUT2D eigenvalue weighted by molar-refractivity contribution is -0.137. The van der Waals surface area contributed by atoms with Gasteiger partial charge in [-0.25, -0.2) is 0 Å². The van der Waals surface area contributed by atoms with Crippen molar-refractivity contribution in [3.8, 4) is 0 Å². The van der Waals surface area contributed by atoms with E-state index in [1.165, 1.54) is 21.4 Å². The van der Waals surface area contributed by atoms with Gasteiger partial charge in [0.25, 0.3) is 0 Å². The van der Waals surface area contributed by atoms with Crippen LogP contribution in [0.5, 0.6) is 0 Å². The van der Waals surface area contributed by atoms with Crippen molar-refractivity contribution < 1.29 is 18.3 Å². The maximum absolute atomic E-state index is 13.1. The Bertz CT molecular complexity index is 986. The van der Waals surface area contributed by atoms with E-state index in [-0.39, 0.29) is 11.6 Å². The molecular weight excluding hydrogens is 415 g/mol. The second kappa shape index (κ2) is 8.52. The second-order valence-corrected chi connectivity index (χ2v) is 9.23. The summed E-state index contributed by atoms with van der Waals surface area (Å²) in [5.74, 6) is 0. The highest BCUT2D eigenvalue weighted by Gasteiger charge is 2.31. The van der Waals surface area contributed by atoms with Gasteiger partial charge in [-0.15, -0.1) is 11.3 Å². The van der Waals surface area contributed by atoms with Crippen molar-refractivity contribution in [1.29, 1.82) is 0 Å². The van der Waals surface area contributed by atoms with Crippen LogP contribution in [-0.2, 0) is 25.6 Å².